The Morgan fingerprint density at radius 2 is 1.68 bits per heavy atom. The van der Waals surface area contributed by atoms with Crippen molar-refractivity contribution in [2.45, 2.75) is 19.3 Å². The molecule has 0 radical (unpaired) electrons. The number of benzene rings is 2. The van der Waals surface area contributed by atoms with Gasteiger partial charge in [0, 0.05) is 16.5 Å². The van der Waals surface area contributed by atoms with Gasteiger partial charge in [0.1, 0.15) is 6.33 Å². The average molecular weight is 325 g/mol. The molecule has 0 aliphatic carbocycles. The molecule has 2 aromatic heterocycles. The Labute approximate surface area is 147 Å². The number of hydrogen-bond acceptors (Lipinski definition) is 3. The van der Waals surface area contributed by atoms with Gasteiger partial charge in [-0.3, -0.25) is 4.98 Å². The van der Waals surface area contributed by atoms with Crippen LogP contribution in [0.2, 0.25) is 0 Å². The maximum absolute atomic E-state index is 4.76. The molecule has 0 unspecified atom stereocenters. The molecule has 3 heteroatoms. The standard InChI is InChI=1S/C22H19N3/c1-2-20-18-10-4-3-8-16(18)14-17(25-20)9-7-13-22-19-11-5-6-12-21(19)23-15-24-22/h2-6,8,10-12,14-15H,1,7,9,13H2. The second-order valence-corrected chi connectivity index (χ2v) is 6.12. The summed E-state index contributed by atoms with van der Waals surface area (Å²) >= 11 is 0. The van der Waals surface area contributed by atoms with Crippen LogP contribution in [0.1, 0.15) is 23.5 Å². The van der Waals surface area contributed by atoms with E-state index in [1.807, 2.05) is 30.3 Å². The van der Waals surface area contributed by atoms with E-state index in [0.717, 1.165) is 52.6 Å². The molecular weight excluding hydrogens is 306 g/mol. The molecule has 0 spiro atoms. The first-order valence-corrected chi connectivity index (χ1v) is 8.55. The van der Waals surface area contributed by atoms with Crippen molar-refractivity contribution in [3.8, 4) is 0 Å². The number of aryl methyl sites for hydroxylation is 2. The summed E-state index contributed by atoms with van der Waals surface area (Å²) in [5, 5.41) is 3.51. The Hall–Kier alpha value is -3.07. The number of rotatable bonds is 5. The Kier molecular flexibility index (Phi) is 4.21. The van der Waals surface area contributed by atoms with Gasteiger partial charge in [-0.25, -0.2) is 9.97 Å². The van der Waals surface area contributed by atoms with Gasteiger partial charge in [-0.15, -0.1) is 0 Å². The molecule has 25 heavy (non-hydrogen) atoms. The molecule has 0 fully saturated rings. The number of pyridine rings is 1. The minimum Gasteiger partial charge on any atom is -0.253 e. The van der Waals surface area contributed by atoms with Crippen molar-refractivity contribution in [2.75, 3.05) is 0 Å². The molecule has 0 N–H and O–H groups in total. The van der Waals surface area contributed by atoms with Gasteiger partial charge in [-0.05, 0) is 42.9 Å². The van der Waals surface area contributed by atoms with Crippen LogP contribution >= 0.6 is 0 Å². The Balaban J connectivity index is 1.55. The summed E-state index contributed by atoms with van der Waals surface area (Å²) < 4.78 is 0. The fraction of sp³-hybridized carbons (Fsp3) is 0.136. The van der Waals surface area contributed by atoms with Crippen molar-refractivity contribution >= 4 is 27.8 Å². The topological polar surface area (TPSA) is 38.7 Å². The zero-order chi connectivity index (χ0) is 17.1. The van der Waals surface area contributed by atoms with E-state index in [-0.39, 0.29) is 0 Å². The lowest BCUT2D eigenvalue weighted by Crippen LogP contribution is -1.98. The van der Waals surface area contributed by atoms with Gasteiger partial charge in [-0.2, -0.15) is 0 Å². The van der Waals surface area contributed by atoms with Gasteiger partial charge in [-0.1, -0.05) is 49.0 Å². The molecular formula is C22H19N3. The molecule has 0 saturated carbocycles. The van der Waals surface area contributed by atoms with Crippen LogP contribution in [0.5, 0.6) is 0 Å². The van der Waals surface area contributed by atoms with Gasteiger partial charge in [0.25, 0.3) is 0 Å². The first-order chi connectivity index (χ1) is 12.3. The van der Waals surface area contributed by atoms with E-state index in [4.69, 9.17) is 4.98 Å². The van der Waals surface area contributed by atoms with Crippen LogP contribution in [0, 0.1) is 0 Å². The summed E-state index contributed by atoms with van der Waals surface area (Å²) in [6.07, 6.45) is 6.33. The SMILES string of the molecule is C=Cc1nc(CCCc2ncnc3ccccc23)cc2ccccc12. The molecule has 4 rings (SSSR count). The molecule has 2 aromatic carbocycles. The van der Waals surface area contributed by atoms with E-state index in [0.29, 0.717) is 0 Å². The summed E-state index contributed by atoms with van der Waals surface area (Å²) in [5.41, 5.74) is 4.17. The van der Waals surface area contributed by atoms with Crippen molar-refractivity contribution < 1.29 is 0 Å². The van der Waals surface area contributed by atoms with E-state index in [2.05, 4.69) is 46.9 Å². The van der Waals surface area contributed by atoms with Crippen LogP contribution in [0.3, 0.4) is 0 Å². The van der Waals surface area contributed by atoms with E-state index < -0.39 is 0 Å². The Morgan fingerprint density at radius 1 is 0.880 bits per heavy atom. The van der Waals surface area contributed by atoms with E-state index in [1.165, 1.54) is 5.39 Å². The van der Waals surface area contributed by atoms with Crippen LogP contribution in [0.4, 0.5) is 0 Å². The highest BCUT2D eigenvalue weighted by molar-refractivity contribution is 5.89. The summed E-state index contributed by atoms with van der Waals surface area (Å²) in [4.78, 5) is 13.6. The second kappa shape index (κ2) is 6.81. The number of hydrogen-bond donors (Lipinski definition) is 0. The summed E-state index contributed by atoms with van der Waals surface area (Å²) in [7, 11) is 0. The third-order valence-electron chi connectivity index (χ3n) is 4.49. The summed E-state index contributed by atoms with van der Waals surface area (Å²) in [6.45, 7) is 3.90. The predicted octanol–water partition coefficient (Wildman–Crippen LogP) is 5.00. The monoisotopic (exact) mass is 325 g/mol. The second-order valence-electron chi connectivity index (χ2n) is 6.12. The maximum Gasteiger partial charge on any atom is 0.116 e. The van der Waals surface area contributed by atoms with Crippen LogP contribution in [-0.4, -0.2) is 15.0 Å². The lowest BCUT2D eigenvalue weighted by atomic mass is 10.0. The van der Waals surface area contributed by atoms with Crippen LogP contribution in [0.15, 0.2) is 67.5 Å². The highest BCUT2D eigenvalue weighted by atomic mass is 14.8. The van der Waals surface area contributed by atoms with Gasteiger partial charge >= 0.3 is 0 Å². The summed E-state index contributed by atoms with van der Waals surface area (Å²) in [6, 6.07) is 18.7. The van der Waals surface area contributed by atoms with Crippen molar-refractivity contribution in [3.63, 3.8) is 0 Å². The third kappa shape index (κ3) is 3.13. The van der Waals surface area contributed by atoms with E-state index in [9.17, 15) is 0 Å². The van der Waals surface area contributed by atoms with Crippen molar-refractivity contribution in [3.05, 3.63) is 84.6 Å². The highest BCUT2D eigenvalue weighted by Crippen LogP contribution is 2.21. The Bertz CT molecular complexity index is 1050. The molecule has 0 aliphatic heterocycles. The fourth-order valence-electron chi connectivity index (χ4n) is 3.26. The number of nitrogens with zero attached hydrogens (tertiary/aromatic N) is 3. The lowest BCUT2D eigenvalue weighted by Gasteiger charge is -2.08. The highest BCUT2D eigenvalue weighted by Gasteiger charge is 2.06. The maximum atomic E-state index is 4.76. The molecule has 3 nitrogen and oxygen atoms in total. The van der Waals surface area contributed by atoms with Gasteiger partial charge < -0.3 is 0 Å². The minimum atomic E-state index is 0.918. The molecule has 0 amide bonds. The first kappa shape index (κ1) is 15.5. The number of aromatic nitrogens is 3. The molecule has 4 aromatic rings. The molecule has 122 valence electrons. The Morgan fingerprint density at radius 3 is 2.56 bits per heavy atom. The number of fused-ring (bicyclic) bond motifs is 2. The zero-order valence-corrected chi connectivity index (χ0v) is 14.0. The molecule has 2 heterocycles. The summed E-state index contributed by atoms with van der Waals surface area (Å²) in [5.74, 6) is 0. The zero-order valence-electron chi connectivity index (χ0n) is 14.0. The van der Waals surface area contributed by atoms with Crippen molar-refractivity contribution in [1.29, 1.82) is 0 Å². The minimum absolute atomic E-state index is 0.918. The smallest absolute Gasteiger partial charge is 0.116 e. The fourth-order valence-corrected chi connectivity index (χ4v) is 3.26. The van der Waals surface area contributed by atoms with E-state index in [1.54, 1.807) is 6.33 Å². The van der Waals surface area contributed by atoms with Gasteiger partial charge in [0.2, 0.25) is 0 Å². The van der Waals surface area contributed by atoms with E-state index >= 15 is 0 Å². The molecule has 0 bridgehead atoms. The van der Waals surface area contributed by atoms with Crippen molar-refractivity contribution in [2.24, 2.45) is 0 Å². The van der Waals surface area contributed by atoms with Crippen LogP contribution in [-0.2, 0) is 12.8 Å². The normalized spacial score (nSPS) is 11.0. The predicted molar refractivity (Wildman–Crippen MR) is 103 cm³/mol. The van der Waals surface area contributed by atoms with Crippen LogP contribution in [0.25, 0.3) is 27.8 Å². The quantitative estimate of drug-likeness (QED) is 0.518. The largest absolute Gasteiger partial charge is 0.253 e. The molecule has 0 aliphatic rings. The van der Waals surface area contributed by atoms with Gasteiger partial charge in [0.15, 0.2) is 0 Å². The van der Waals surface area contributed by atoms with Crippen molar-refractivity contribution in [1.82, 2.24) is 15.0 Å². The average Bonchev–Trinajstić information content (AvgIpc) is 2.67. The number of para-hydroxylation sites is 1. The first-order valence-electron chi connectivity index (χ1n) is 8.55. The lowest BCUT2D eigenvalue weighted by molar-refractivity contribution is 0.785. The van der Waals surface area contributed by atoms with Gasteiger partial charge in [0.05, 0.1) is 16.9 Å². The molecule has 0 saturated heterocycles. The molecule has 0 atom stereocenters. The third-order valence-corrected chi connectivity index (χ3v) is 4.49. The van der Waals surface area contributed by atoms with Crippen LogP contribution < -0.4 is 0 Å².